The summed E-state index contributed by atoms with van der Waals surface area (Å²) >= 11 is 0. The van der Waals surface area contributed by atoms with Crippen molar-refractivity contribution in [3.8, 4) is 11.4 Å². The Balaban J connectivity index is 1.46. The minimum Gasteiger partial charge on any atom is -0.388 e. The zero-order valence-electron chi connectivity index (χ0n) is 13.9. The van der Waals surface area contributed by atoms with Crippen molar-refractivity contribution in [2.24, 2.45) is 0 Å². The third kappa shape index (κ3) is 3.51. The number of aromatic nitrogens is 5. The van der Waals surface area contributed by atoms with E-state index < -0.39 is 5.60 Å². The molecule has 4 heterocycles. The van der Waals surface area contributed by atoms with Gasteiger partial charge in [-0.2, -0.15) is 0 Å². The van der Waals surface area contributed by atoms with Crippen LogP contribution >= 0.6 is 0 Å². The Labute approximate surface area is 146 Å². The highest BCUT2D eigenvalue weighted by Crippen LogP contribution is 2.27. The van der Waals surface area contributed by atoms with Gasteiger partial charge in [-0.3, -0.25) is 4.98 Å². The number of aliphatic hydroxyl groups is 1. The van der Waals surface area contributed by atoms with E-state index in [-0.39, 0.29) is 0 Å². The lowest BCUT2D eigenvalue weighted by Crippen LogP contribution is -2.47. The smallest absolute Gasteiger partial charge is 0.225 e. The van der Waals surface area contributed by atoms with Gasteiger partial charge in [0.1, 0.15) is 0 Å². The molecule has 4 rings (SSSR count). The summed E-state index contributed by atoms with van der Waals surface area (Å²) in [5.41, 5.74) is 0.931. The molecule has 1 aliphatic rings. The van der Waals surface area contributed by atoms with Gasteiger partial charge in [0.25, 0.3) is 0 Å². The molecule has 0 unspecified atom stereocenters. The highest BCUT2D eigenvalue weighted by Gasteiger charge is 2.33. The Morgan fingerprint density at radius 3 is 2.60 bits per heavy atom. The van der Waals surface area contributed by atoms with Crippen LogP contribution in [0.5, 0.6) is 0 Å². The van der Waals surface area contributed by atoms with Crippen LogP contribution < -0.4 is 4.90 Å². The van der Waals surface area contributed by atoms with Gasteiger partial charge in [-0.25, -0.2) is 15.0 Å². The van der Waals surface area contributed by atoms with Gasteiger partial charge in [0.15, 0.2) is 0 Å². The van der Waals surface area contributed by atoms with Gasteiger partial charge in [-0.1, -0.05) is 6.07 Å². The number of hydrogen-bond donors (Lipinski definition) is 1. The number of pyridine rings is 1. The summed E-state index contributed by atoms with van der Waals surface area (Å²) in [6.45, 7) is 2.00. The van der Waals surface area contributed by atoms with Crippen LogP contribution in [0.2, 0.25) is 0 Å². The molecule has 0 atom stereocenters. The zero-order valence-corrected chi connectivity index (χ0v) is 13.9. The monoisotopic (exact) mass is 336 g/mol. The predicted molar refractivity (Wildman–Crippen MR) is 93.9 cm³/mol. The van der Waals surface area contributed by atoms with Gasteiger partial charge >= 0.3 is 0 Å². The van der Waals surface area contributed by atoms with E-state index in [4.69, 9.17) is 0 Å². The van der Waals surface area contributed by atoms with Crippen molar-refractivity contribution in [1.29, 1.82) is 0 Å². The fourth-order valence-corrected chi connectivity index (χ4v) is 3.16. The third-order valence-corrected chi connectivity index (χ3v) is 4.58. The lowest BCUT2D eigenvalue weighted by atomic mass is 9.91. The number of piperidine rings is 1. The van der Waals surface area contributed by atoms with Crippen molar-refractivity contribution in [1.82, 2.24) is 24.5 Å². The summed E-state index contributed by atoms with van der Waals surface area (Å²) in [4.78, 5) is 19.5. The molecule has 0 saturated carbocycles. The van der Waals surface area contributed by atoms with Crippen molar-refractivity contribution in [2.45, 2.75) is 25.0 Å². The summed E-state index contributed by atoms with van der Waals surface area (Å²) < 4.78 is 1.92. The average molecular weight is 336 g/mol. The molecule has 0 radical (unpaired) electrons. The number of hydrogen-bond acceptors (Lipinski definition) is 6. The Kier molecular flexibility index (Phi) is 4.15. The van der Waals surface area contributed by atoms with E-state index in [9.17, 15) is 5.11 Å². The van der Waals surface area contributed by atoms with E-state index in [0.29, 0.717) is 25.3 Å². The largest absolute Gasteiger partial charge is 0.388 e. The van der Waals surface area contributed by atoms with E-state index in [0.717, 1.165) is 24.5 Å². The average Bonchev–Trinajstić information content (AvgIpc) is 3.16. The Morgan fingerprint density at radius 2 is 1.88 bits per heavy atom. The van der Waals surface area contributed by atoms with Crippen molar-refractivity contribution in [3.05, 3.63) is 55.4 Å². The van der Waals surface area contributed by atoms with Crippen molar-refractivity contribution >= 4 is 5.95 Å². The Bertz CT molecular complexity index is 813. The second-order valence-electron chi connectivity index (χ2n) is 6.40. The molecule has 0 spiro atoms. The lowest BCUT2D eigenvalue weighted by molar-refractivity contribution is -0.000290. The van der Waals surface area contributed by atoms with Crippen LogP contribution in [-0.4, -0.2) is 48.3 Å². The van der Waals surface area contributed by atoms with Gasteiger partial charge < -0.3 is 14.6 Å². The molecule has 0 aliphatic carbocycles. The van der Waals surface area contributed by atoms with Crippen LogP contribution in [0.1, 0.15) is 12.8 Å². The van der Waals surface area contributed by atoms with Gasteiger partial charge in [0.05, 0.1) is 29.9 Å². The Morgan fingerprint density at radius 1 is 1.00 bits per heavy atom. The van der Waals surface area contributed by atoms with Gasteiger partial charge in [-0.05, 0) is 31.0 Å². The fourth-order valence-electron chi connectivity index (χ4n) is 3.16. The number of imidazole rings is 1. The molecule has 25 heavy (non-hydrogen) atoms. The maximum Gasteiger partial charge on any atom is 0.225 e. The molecule has 1 saturated heterocycles. The topological polar surface area (TPSA) is 80.0 Å². The minimum atomic E-state index is -0.713. The molecular formula is C18H20N6O. The second kappa shape index (κ2) is 6.60. The highest BCUT2D eigenvalue weighted by molar-refractivity contribution is 5.55. The van der Waals surface area contributed by atoms with Crippen LogP contribution in [0.25, 0.3) is 11.4 Å². The number of nitrogens with zero attached hydrogens (tertiary/aromatic N) is 6. The maximum absolute atomic E-state index is 10.8. The van der Waals surface area contributed by atoms with E-state index in [1.54, 1.807) is 24.9 Å². The van der Waals surface area contributed by atoms with Crippen LogP contribution in [0.3, 0.4) is 0 Å². The minimum absolute atomic E-state index is 0.565. The molecule has 3 aromatic heterocycles. The van der Waals surface area contributed by atoms with Gasteiger partial charge in [0, 0.05) is 37.9 Å². The third-order valence-electron chi connectivity index (χ3n) is 4.58. The molecule has 3 aromatic rings. The summed E-state index contributed by atoms with van der Waals surface area (Å²) in [6.07, 6.45) is 10.2. The number of rotatable bonds is 4. The SMILES string of the molecule is OC1(Cn2ccnc2)CCN(c2nccc(-c3ccccn3)n2)CC1. The van der Waals surface area contributed by atoms with Crippen LogP contribution in [0, 0.1) is 0 Å². The quantitative estimate of drug-likeness (QED) is 0.782. The van der Waals surface area contributed by atoms with Gasteiger partial charge in [-0.15, -0.1) is 0 Å². The van der Waals surface area contributed by atoms with E-state index >= 15 is 0 Å². The molecule has 1 aliphatic heterocycles. The molecule has 7 heteroatoms. The first-order chi connectivity index (χ1) is 12.2. The maximum atomic E-state index is 10.8. The molecule has 7 nitrogen and oxygen atoms in total. The van der Waals surface area contributed by atoms with E-state index in [1.807, 2.05) is 35.0 Å². The summed E-state index contributed by atoms with van der Waals surface area (Å²) in [7, 11) is 0. The van der Waals surface area contributed by atoms with E-state index in [2.05, 4.69) is 24.8 Å². The van der Waals surface area contributed by atoms with Gasteiger partial charge in [0.2, 0.25) is 5.95 Å². The zero-order chi connectivity index (χ0) is 17.1. The molecule has 0 aromatic carbocycles. The molecule has 1 fully saturated rings. The number of anilines is 1. The normalized spacial score (nSPS) is 16.8. The first kappa shape index (κ1) is 15.7. The summed E-state index contributed by atoms with van der Waals surface area (Å²) in [6, 6.07) is 7.63. The predicted octanol–water partition coefficient (Wildman–Crippen LogP) is 1.77. The van der Waals surface area contributed by atoms with Crippen LogP contribution in [0.15, 0.2) is 55.4 Å². The molecule has 128 valence electrons. The second-order valence-corrected chi connectivity index (χ2v) is 6.40. The highest BCUT2D eigenvalue weighted by atomic mass is 16.3. The van der Waals surface area contributed by atoms with Crippen LogP contribution in [0.4, 0.5) is 5.95 Å². The summed E-state index contributed by atoms with van der Waals surface area (Å²) in [5.74, 6) is 0.688. The molecule has 1 N–H and O–H groups in total. The lowest BCUT2D eigenvalue weighted by Gasteiger charge is -2.38. The molecule has 0 amide bonds. The first-order valence-electron chi connectivity index (χ1n) is 8.39. The standard InChI is InChI=1S/C18H20N6O/c25-18(13-23-12-9-19-14-23)5-10-24(11-6-18)17-21-8-4-16(22-17)15-3-1-2-7-20-15/h1-4,7-9,12,14,25H,5-6,10-11,13H2. The molecular weight excluding hydrogens is 316 g/mol. The Hall–Kier alpha value is -2.80. The van der Waals surface area contributed by atoms with Crippen molar-refractivity contribution in [3.63, 3.8) is 0 Å². The van der Waals surface area contributed by atoms with Crippen LogP contribution in [-0.2, 0) is 6.54 Å². The summed E-state index contributed by atoms with van der Waals surface area (Å²) in [5, 5.41) is 10.8. The van der Waals surface area contributed by atoms with Crippen molar-refractivity contribution < 1.29 is 5.11 Å². The van der Waals surface area contributed by atoms with Crippen molar-refractivity contribution in [2.75, 3.05) is 18.0 Å². The molecule has 0 bridgehead atoms. The van der Waals surface area contributed by atoms with E-state index in [1.165, 1.54) is 0 Å². The fraction of sp³-hybridized carbons (Fsp3) is 0.333. The first-order valence-corrected chi connectivity index (χ1v) is 8.39.